The third-order valence-electron chi connectivity index (χ3n) is 5.60. The number of ether oxygens (including phenoxy) is 2. The number of likely N-dealkylation sites (tertiary alicyclic amines) is 1. The zero-order valence-corrected chi connectivity index (χ0v) is 18.9. The van der Waals surface area contributed by atoms with Crippen LogP contribution in [-0.2, 0) is 17.8 Å². The number of piperidine rings is 1. The van der Waals surface area contributed by atoms with Crippen molar-refractivity contribution in [3.8, 4) is 5.88 Å². The molecule has 0 bridgehead atoms. The van der Waals surface area contributed by atoms with Crippen LogP contribution in [0, 0.1) is 0 Å². The van der Waals surface area contributed by atoms with Crippen LogP contribution in [-0.4, -0.2) is 61.8 Å². The van der Waals surface area contributed by atoms with Gasteiger partial charge in [0.05, 0.1) is 6.61 Å². The number of guanidine groups is 1. The number of aromatic nitrogens is 1. The predicted molar refractivity (Wildman–Crippen MR) is 124 cm³/mol. The van der Waals surface area contributed by atoms with Crippen molar-refractivity contribution in [1.82, 2.24) is 20.5 Å². The summed E-state index contributed by atoms with van der Waals surface area (Å²) in [5, 5.41) is 6.98. The maximum atomic E-state index is 5.51. The standard InChI is InChI=1S/C24H35N5O2/c1-19-15-22(11-12-29(19)18-20-7-5-4-6-8-20)28-24(25-2)27-17-21-9-10-23(26-16-21)31-14-13-30-3/h4-10,16,19,22H,11-15,17-18H2,1-3H3,(H2,25,27,28). The van der Waals surface area contributed by atoms with Crippen molar-refractivity contribution in [2.75, 3.05) is 33.9 Å². The van der Waals surface area contributed by atoms with E-state index in [1.807, 2.05) is 25.4 Å². The first-order valence-corrected chi connectivity index (χ1v) is 11.0. The molecule has 1 aliphatic rings. The largest absolute Gasteiger partial charge is 0.475 e. The van der Waals surface area contributed by atoms with E-state index in [9.17, 15) is 0 Å². The Kier molecular flexibility index (Phi) is 9.12. The molecule has 1 aromatic carbocycles. The Hall–Kier alpha value is -2.64. The number of hydrogen-bond donors (Lipinski definition) is 2. The van der Waals surface area contributed by atoms with Gasteiger partial charge in [-0.2, -0.15) is 0 Å². The molecule has 2 atom stereocenters. The van der Waals surface area contributed by atoms with E-state index >= 15 is 0 Å². The molecule has 3 rings (SSSR count). The lowest BCUT2D eigenvalue weighted by atomic mass is 9.97. The third-order valence-corrected chi connectivity index (χ3v) is 5.60. The summed E-state index contributed by atoms with van der Waals surface area (Å²) in [4.78, 5) is 11.3. The molecule has 1 fully saturated rings. The fraction of sp³-hybridized carbons (Fsp3) is 0.500. The van der Waals surface area contributed by atoms with Crippen molar-refractivity contribution in [3.05, 3.63) is 59.8 Å². The molecule has 0 saturated carbocycles. The molecule has 0 spiro atoms. The second-order valence-corrected chi connectivity index (χ2v) is 7.94. The Balaban J connectivity index is 1.42. The van der Waals surface area contributed by atoms with E-state index in [1.165, 1.54) is 5.56 Å². The van der Waals surface area contributed by atoms with Gasteiger partial charge in [0.2, 0.25) is 5.88 Å². The van der Waals surface area contributed by atoms with Crippen LogP contribution in [0.25, 0.3) is 0 Å². The number of rotatable bonds is 9. The number of pyridine rings is 1. The lowest BCUT2D eigenvalue weighted by molar-refractivity contribution is 0.134. The fourth-order valence-corrected chi connectivity index (χ4v) is 3.81. The quantitative estimate of drug-likeness (QED) is 0.366. The van der Waals surface area contributed by atoms with Crippen molar-refractivity contribution in [2.45, 2.75) is 44.9 Å². The van der Waals surface area contributed by atoms with E-state index in [-0.39, 0.29) is 0 Å². The van der Waals surface area contributed by atoms with Gasteiger partial charge in [0, 0.05) is 58.1 Å². The van der Waals surface area contributed by atoms with Crippen molar-refractivity contribution in [2.24, 2.45) is 4.99 Å². The van der Waals surface area contributed by atoms with Gasteiger partial charge in [0.15, 0.2) is 5.96 Å². The van der Waals surface area contributed by atoms with Crippen LogP contribution in [0.3, 0.4) is 0 Å². The number of nitrogens with zero attached hydrogens (tertiary/aromatic N) is 3. The van der Waals surface area contributed by atoms with Crippen molar-refractivity contribution < 1.29 is 9.47 Å². The van der Waals surface area contributed by atoms with Crippen LogP contribution < -0.4 is 15.4 Å². The highest BCUT2D eigenvalue weighted by Gasteiger charge is 2.25. The molecule has 168 valence electrons. The fourth-order valence-electron chi connectivity index (χ4n) is 3.81. The number of benzene rings is 1. The normalized spacial score (nSPS) is 19.8. The molecule has 0 amide bonds. The zero-order valence-electron chi connectivity index (χ0n) is 18.9. The number of nitrogens with one attached hydrogen (secondary N) is 2. The molecule has 2 N–H and O–H groups in total. The van der Waals surface area contributed by atoms with Crippen molar-refractivity contribution >= 4 is 5.96 Å². The number of hydrogen-bond acceptors (Lipinski definition) is 5. The highest BCUT2D eigenvalue weighted by atomic mass is 16.5. The summed E-state index contributed by atoms with van der Waals surface area (Å²) in [6.45, 7) is 6.12. The summed E-state index contributed by atoms with van der Waals surface area (Å²) in [5.74, 6) is 1.44. The summed E-state index contributed by atoms with van der Waals surface area (Å²) in [5.41, 5.74) is 2.45. The second-order valence-electron chi connectivity index (χ2n) is 7.94. The molecular weight excluding hydrogens is 390 g/mol. The monoisotopic (exact) mass is 425 g/mol. The van der Waals surface area contributed by atoms with Gasteiger partial charge in [-0.15, -0.1) is 0 Å². The third kappa shape index (κ3) is 7.52. The Bertz CT molecular complexity index is 797. The van der Waals surface area contributed by atoms with Crippen molar-refractivity contribution in [3.63, 3.8) is 0 Å². The Morgan fingerprint density at radius 2 is 2.00 bits per heavy atom. The van der Waals surface area contributed by atoms with Crippen LogP contribution >= 0.6 is 0 Å². The van der Waals surface area contributed by atoms with Crippen molar-refractivity contribution in [1.29, 1.82) is 0 Å². The minimum absolute atomic E-state index is 0.419. The second kappa shape index (κ2) is 12.3. The molecule has 31 heavy (non-hydrogen) atoms. The van der Waals surface area contributed by atoms with E-state index in [2.05, 4.69) is 62.8 Å². The molecule has 2 aromatic rings. The van der Waals surface area contributed by atoms with Gasteiger partial charge in [-0.05, 0) is 30.9 Å². The molecule has 1 saturated heterocycles. The smallest absolute Gasteiger partial charge is 0.213 e. The summed E-state index contributed by atoms with van der Waals surface area (Å²) in [6.07, 6.45) is 4.03. The highest BCUT2D eigenvalue weighted by Crippen LogP contribution is 2.20. The Labute approximate surface area is 185 Å². The van der Waals surface area contributed by atoms with E-state index in [1.54, 1.807) is 7.11 Å². The van der Waals surface area contributed by atoms with Gasteiger partial charge < -0.3 is 20.1 Å². The van der Waals surface area contributed by atoms with Gasteiger partial charge in [0.25, 0.3) is 0 Å². The molecule has 0 radical (unpaired) electrons. The molecule has 2 unspecified atom stereocenters. The summed E-state index contributed by atoms with van der Waals surface area (Å²) < 4.78 is 10.5. The van der Waals surface area contributed by atoms with Gasteiger partial charge in [-0.3, -0.25) is 9.89 Å². The van der Waals surface area contributed by atoms with Gasteiger partial charge in [-0.25, -0.2) is 4.98 Å². The molecular formula is C24H35N5O2. The SMILES string of the molecule is CN=C(NCc1ccc(OCCOC)nc1)NC1CCN(Cc2ccccc2)C(C)C1. The predicted octanol–water partition coefficient (Wildman–Crippen LogP) is 2.82. The Morgan fingerprint density at radius 1 is 1.16 bits per heavy atom. The van der Waals surface area contributed by atoms with Crippen LogP contribution in [0.2, 0.25) is 0 Å². The van der Waals surface area contributed by atoms with Crippen LogP contribution in [0.15, 0.2) is 53.7 Å². The van der Waals surface area contributed by atoms with E-state index < -0.39 is 0 Å². The average molecular weight is 426 g/mol. The lowest BCUT2D eigenvalue weighted by Crippen LogP contribution is -2.51. The minimum Gasteiger partial charge on any atom is -0.475 e. The van der Waals surface area contributed by atoms with Gasteiger partial charge in [-0.1, -0.05) is 36.4 Å². The van der Waals surface area contributed by atoms with E-state index in [0.717, 1.165) is 37.5 Å². The van der Waals surface area contributed by atoms with Crippen LogP contribution in [0.1, 0.15) is 30.9 Å². The molecule has 1 aromatic heterocycles. The van der Waals surface area contributed by atoms with E-state index in [4.69, 9.17) is 9.47 Å². The number of methoxy groups -OCH3 is 1. The first-order chi connectivity index (χ1) is 15.2. The average Bonchev–Trinajstić information content (AvgIpc) is 2.80. The first kappa shape index (κ1) is 23.0. The number of aliphatic imine (C=N–C) groups is 1. The summed E-state index contributed by atoms with van der Waals surface area (Å²) in [6, 6.07) is 15.5. The molecule has 7 heteroatoms. The topological polar surface area (TPSA) is 71.0 Å². The Morgan fingerprint density at radius 3 is 2.68 bits per heavy atom. The summed E-state index contributed by atoms with van der Waals surface area (Å²) in [7, 11) is 3.47. The van der Waals surface area contributed by atoms with Crippen LogP contribution in [0.4, 0.5) is 0 Å². The molecule has 0 aliphatic carbocycles. The lowest BCUT2D eigenvalue weighted by Gasteiger charge is -2.38. The van der Waals surface area contributed by atoms with Gasteiger partial charge >= 0.3 is 0 Å². The molecule has 7 nitrogen and oxygen atoms in total. The molecule has 1 aliphatic heterocycles. The maximum absolute atomic E-state index is 5.51. The van der Waals surface area contributed by atoms with Gasteiger partial charge in [0.1, 0.15) is 6.61 Å². The van der Waals surface area contributed by atoms with E-state index in [0.29, 0.717) is 37.7 Å². The highest BCUT2D eigenvalue weighted by molar-refractivity contribution is 5.79. The minimum atomic E-state index is 0.419. The summed E-state index contributed by atoms with van der Waals surface area (Å²) >= 11 is 0. The first-order valence-electron chi connectivity index (χ1n) is 11.0. The van der Waals surface area contributed by atoms with Crippen LogP contribution in [0.5, 0.6) is 5.88 Å². The zero-order chi connectivity index (χ0) is 21.9. The maximum Gasteiger partial charge on any atom is 0.213 e. The molecule has 2 heterocycles.